The van der Waals surface area contributed by atoms with Crippen molar-refractivity contribution >= 4 is 52.2 Å². The van der Waals surface area contributed by atoms with E-state index in [1.54, 1.807) is 30.3 Å². The highest BCUT2D eigenvalue weighted by Crippen LogP contribution is 2.25. The van der Waals surface area contributed by atoms with Gasteiger partial charge in [0.2, 0.25) is 0 Å². The number of halogens is 2. The smallest absolute Gasteiger partial charge is 0.256 e. The maximum Gasteiger partial charge on any atom is 0.256 e. The summed E-state index contributed by atoms with van der Waals surface area (Å²) >= 11 is 5.92. The molecule has 1 heterocycles. The number of nitrogen functional groups attached to an aromatic ring is 1. The van der Waals surface area contributed by atoms with Crippen LogP contribution in [0.3, 0.4) is 0 Å². The number of carbonyl (C=O) groups excluding carboxylic acids is 1. The normalized spacial score (nSPS) is 10.5. The Kier molecular flexibility index (Phi) is 8.15. The molecule has 4 rings (SSSR count). The Morgan fingerprint density at radius 3 is 2.58 bits per heavy atom. The van der Waals surface area contributed by atoms with Gasteiger partial charge in [-0.15, -0.1) is 12.4 Å². The molecule has 3 N–H and O–H groups in total. The van der Waals surface area contributed by atoms with E-state index in [0.717, 1.165) is 35.0 Å². The van der Waals surface area contributed by atoms with Gasteiger partial charge in [0.05, 0.1) is 5.52 Å². The fourth-order valence-electron chi connectivity index (χ4n) is 3.53. The lowest BCUT2D eigenvalue weighted by Crippen LogP contribution is -2.15. The van der Waals surface area contributed by atoms with Crippen LogP contribution in [0.15, 0.2) is 72.8 Å². The van der Waals surface area contributed by atoms with Crippen molar-refractivity contribution in [3.8, 4) is 5.75 Å². The van der Waals surface area contributed by atoms with Crippen LogP contribution in [-0.4, -0.2) is 10.9 Å². The highest BCUT2D eigenvalue weighted by Gasteiger charge is 2.13. The minimum Gasteiger partial charge on any atom is -0.489 e. The van der Waals surface area contributed by atoms with Crippen LogP contribution >= 0.6 is 24.0 Å². The number of ether oxygens (including phenoxy) is 1. The number of aryl methyl sites for hydroxylation is 1. The lowest BCUT2D eigenvalue weighted by atomic mass is 10.1. The molecule has 1 aromatic heterocycles. The van der Waals surface area contributed by atoms with Gasteiger partial charge < -0.3 is 15.8 Å². The van der Waals surface area contributed by atoms with E-state index in [4.69, 9.17) is 22.1 Å². The first-order chi connectivity index (χ1) is 15.5. The van der Waals surface area contributed by atoms with E-state index in [2.05, 4.69) is 17.2 Å². The van der Waals surface area contributed by atoms with Gasteiger partial charge in [-0.2, -0.15) is 0 Å². The van der Waals surface area contributed by atoms with Crippen LogP contribution in [0.2, 0.25) is 5.02 Å². The number of rotatable bonds is 7. The summed E-state index contributed by atoms with van der Waals surface area (Å²) in [7, 11) is 0. The molecule has 0 aliphatic rings. The number of nitrogens with two attached hydrogens (primary N) is 1. The first-order valence-corrected chi connectivity index (χ1v) is 10.9. The zero-order chi connectivity index (χ0) is 22.5. The number of fused-ring (bicyclic) bond motifs is 1. The van der Waals surface area contributed by atoms with E-state index in [0.29, 0.717) is 27.7 Å². The van der Waals surface area contributed by atoms with Gasteiger partial charge in [-0.1, -0.05) is 43.1 Å². The summed E-state index contributed by atoms with van der Waals surface area (Å²) in [5.74, 6) is 0.471. The second kappa shape index (κ2) is 11.0. The highest BCUT2D eigenvalue weighted by atomic mass is 35.5. The maximum absolute atomic E-state index is 13.0. The monoisotopic (exact) mass is 481 g/mol. The Morgan fingerprint density at radius 1 is 1.06 bits per heavy atom. The molecule has 4 aromatic rings. The summed E-state index contributed by atoms with van der Waals surface area (Å²) in [5, 5.41) is 4.43. The molecule has 0 aliphatic heterocycles. The summed E-state index contributed by atoms with van der Waals surface area (Å²) in [6.07, 6.45) is 1.89. The maximum atomic E-state index is 13.0. The molecule has 170 valence electrons. The number of aromatic nitrogens is 1. The Hall–Kier alpha value is -3.28. The van der Waals surface area contributed by atoms with Crippen molar-refractivity contribution in [2.45, 2.75) is 26.4 Å². The van der Waals surface area contributed by atoms with Gasteiger partial charge in [0.1, 0.15) is 12.4 Å². The zero-order valence-corrected chi connectivity index (χ0v) is 19.7. The zero-order valence-electron chi connectivity index (χ0n) is 18.2. The van der Waals surface area contributed by atoms with Crippen molar-refractivity contribution in [3.05, 3.63) is 94.6 Å². The summed E-state index contributed by atoms with van der Waals surface area (Å²) in [5.41, 5.74) is 10.7. The number of nitrogens with one attached hydrogen (secondary N) is 1. The van der Waals surface area contributed by atoms with Crippen LogP contribution in [0.4, 0.5) is 11.4 Å². The molecule has 1 amide bonds. The second-order valence-electron chi connectivity index (χ2n) is 7.54. The number of benzene rings is 3. The van der Waals surface area contributed by atoms with Crippen molar-refractivity contribution in [1.29, 1.82) is 0 Å². The molecule has 0 radical (unpaired) electrons. The van der Waals surface area contributed by atoms with Crippen LogP contribution < -0.4 is 15.8 Å². The van der Waals surface area contributed by atoms with Gasteiger partial charge in [-0.05, 0) is 61.0 Å². The largest absolute Gasteiger partial charge is 0.489 e. The lowest BCUT2D eigenvalue weighted by molar-refractivity contribution is 0.102. The van der Waals surface area contributed by atoms with Gasteiger partial charge in [-0.3, -0.25) is 9.78 Å². The third-order valence-electron chi connectivity index (χ3n) is 5.13. The van der Waals surface area contributed by atoms with Crippen molar-refractivity contribution < 1.29 is 9.53 Å². The second-order valence-corrected chi connectivity index (χ2v) is 7.98. The number of pyridine rings is 1. The standard InChI is InChI=1S/C26H24ClN3O2.ClH/c1-2-5-19-15-24(28)23-14-20(10-13-25(23)29-19)30-26(31)22-7-4-3-6-17(22)16-32-21-11-8-18(27)9-12-21;/h3-4,6-15H,2,5,16H2,1H3,(H2,28,29)(H,30,31);1H. The molecule has 0 atom stereocenters. The number of amides is 1. The van der Waals surface area contributed by atoms with Crippen LogP contribution in [0.1, 0.15) is 35.0 Å². The molecular formula is C26H25Cl2N3O2. The molecule has 0 bridgehead atoms. The molecule has 0 saturated carbocycles. The van der Waals surface area contributed by atoms with Crippen molar-refractivity contribution in [2.24, 2.45) is 0 Å². The van der Waals surface area contributed by atoms with Crippen molar-refractivity contribution in [1.82, 2.24) is 4.98 Å². The lowest BCUT2D eigenvalue weighted by Gasteiger charge is -2.13. The Bertz CT molecular complexity index is 1260. The molecule has 33 heavy (non-hydrogen) atoms. The van der Waals surface area contributed by atoms with E-state index in [1.807, 2.05) is 42.5 Å². The summed E-state index contributed by atoms with van der Waals surface area (Å²) in [6, 6.07) is 22.0. The molecule has 0 aliphatic carbocycles. The van der Waals surface area contributed by atoms with Crippen LogP contribution in [0.5, 0.6) is 5.75 Å². The van der Waals surface area contributed by atoms with Gasteiger partial charge in [0.25, 0.3) is 5.91 Å². The Balaban J connectivity index is 0.00000306. The Morgan fingerprint density at radius 2 is 1.82 bits per heavy atom. The predicted octanol–water partition coefficient (Wildman–Crippen LogP) is 6.68. The van der Waals surface area contributed by atoms with Gasteiger partial charge in [0, 0.05) is 38.6 Å². The fourth-order valence-corrected chi connectivity index (χ4v) is 3.65. The topological polar surface area (TPSA) is 77.2 Å². The van der Waals surface area contributed by atoms with Crippen LogP contribution in [0, 0.1) is 0 Å². The number of carbonyl (C=O) groups is 1. The number of hydrogen-bond acceptors (Lipinski definition) is 4. The molecule has 7 heteroatoms. The average molecular weight is 482 g/mol. The fraction of sp³-hybridized carbons (Fsp3) is 0.154. The average Bonchev–Trinajstić information content (AvgIpc) is 2.79. The molecule has 0 fully saturated rings. The summed E-state index contributed by atoms with van der Waals surface area (Å²) in [6.45, 7) is 2.37. The van der Waals surface area contributed by atoms with Crippen LogP contribution in [-0.2, 0) is 13.0 Å². The van der Waals surface area contributed by atoms with E-state index in [1.165, 1.54) is 0 Å². The number of nitrogens with zero attached hydrogens (tertiary/aromatic N) is 1. The van der Waals surface area contributed by atoms with Crippen LogP contribution in [0.25, 0.3) is 10.9 Å². The molecule has 0 saturated heterocycles. The van der Waals surface area contributed by atoms with Gasteiger partial charge in [0.15, 0.2) is 0 Å². The molecule has 3 aromatic carbocycles. The number of anilines is 2. The van der Waals surface area contributed by atoms with E-state index in [-0.39, 0.29) is 24.9 Å². The minimum atomic E-state index is -0.214. The third kappa shape index (κ3) is 5.95. The molecular weight excluding hydrogens is 457 g/mol. The summed E-state index contributed by atoms with van der Waals surface area (Å²) < 4.78 is 5.83. The van der Waals surface area contributed by atoms with E-state index < -0.39 is 0 Å². The SMILES string of the molecule is CCCc1cc(N)c2cc(NC(=O)c3ccccc3COc3ccc(Cl)cc3)ccc2n1.Cl. The van der Waals surface area contributed by atoms with Crippen molar-refractivity contribution in [3.63, 3.8) is 0 Å². The van der Waals surface area contributed by atoms with E-state index >= 15 is 0 Å². The predicted molar refractivity (Wildman–Crippen MR) is 138 cm³/mol. The quantitative estimate of drug-likeness (QED) is 0.308. The molecule has 5 nitrogen and oxygen atoms in total. The third-order valence-corrected chi connectivity index (χ3v) is 5.38. The molecule has 0 unspecified atom stereocenters. The summed E-state index contributed by atoms with van der Waals surface area (Å²) in [4.78, 5) is 17.7. The van der Waals surface area contributed by atoms with Gasteiger partial charge in [-0.25, -0.2) is 0 Å². The Labute approximate surface area is 204 Å². The highest BCUT2D eigenvalue weighted by molar-refractivity contribution is 6.30. The van der Waals surface area contributed by atoms with Gasteiger partial charge >= 0.3 is 0 Å². The number of hydrogen-bond donors (Lipinski definition) is 2. The van der Waals surface area contributed by atoms with Crippen molar-refractivity contribution in [2.75, 3.05) is 11.1 Å². The first-order valence-electron chi connectivity index (χ1n) is 10.5. The minimum absolute atomic E-state index is 0. The first kappa shape index (κ1) is 24.4. The molecule has 0 spiro atoms. The van der Waals surface area contributed by atoms with E-state index in [9.17, 15) is 4.79 Å².